The first-order chi connectivity index (χ1) is 4.34. The fraction of sp³-hybridized carbons (Fsp3) is 0.333. The summed E-state index contributed by atoms with van der Waals surface area (Å²) in [6, 6.07) is 0. The van der Waals surface area contributed by atoms with E-state index in [0.29, 0.717) is 5.75 Å². The molecular weight excluding hydrogens is 152 g/mol. The third-order valence-electron chi connectivity index (χ3n) is 1.02. The van der Waals surface area contributed by atoms with Crippen molar-refractivity contribution in [3.8, 4) is 0 Å². The van der Waals surface area contributed by atoms with Crippen LogP contribution in [-0.2, 0) is 10.8 Å². The van der Waals surface area contributed by atoms with Gasteiger partial charge in [-0.3, -0.25) is 4.21 Å². The molecule has 0 aromatic carbocycles. The molecule has 0 aromatic rings. The lowest BCUT2D eigenvalue weighted by Gasteiger charge is -2.10. The van der Waals surface area contributed by atoms with Crippen LogP contribution in [0.2, 0.25) is 0 Å². The van der Waals surface area contributed by atoms with Gasteiger partial charge in [-0.25, -0.2) is 0 Å². The summed E-state index contributed by atoms with van der Waals surface area (Å²) < 4.78 is 11.1. The normalized spacial score (nSPS) is 34.2. The maximum absolute atomic E-state index is 11.0. The topological polar surface area (TPSA) is 17.1 Å². The van der Waals surface area contributed by atoms with Gasteiger partial charge >= 0.3 is 0 Å². The van der Waals surface area contributed by atoms with Crippen LogP contribution in [0.5, 0.6) is 0 Å². The van der Waals surface area contributed by atoms with Crippen LogP contribution in [0.15, 0.2) is 24.1 Å². The lowest BCUT2D eigenvalue weighted by atomic mass is 10.7. The van der Waals surface area contributed by atoms with Gasteiger partial charge in [0.05, 0.1) is 0 Å². The quantitative estimate of drug-likeness (QED) is 0.541. The summed E-state index contributed by atoms with van der Waals surface area (Å²) in [7, 11) is -0.720. The number of rotatable bonds is 1. The molecule has 3 heteroatoms. The lowest BCUT2D eigenvalue weighted by Crippen LogP contribution is -2.11. The monoisotopic (exact) mass is 160 g/mol. The minimum absolute atomic E-state index is 0.120. The van der Waals surface area contributed by atoms with Crippen molar-refractivity contribution in [1.29, 1.82) is 0 Å². The fourth-order valence-electron chi connectivity index (χ4n) is 0.587. The summed E-state index contributed by atoms with van der Waals surface area (Å²) in [6.07, 6.45) is 3.67. The third kappa shape index (κ3) is 1.69. The van der Waals surface area contributed by atoms with E-state index >= 15 is 0 Å². The number of hydrogen-bond donors (Lipinski definition) is 0. The molecular formula is C6H8OS2. The maximum Gasteiger partial charge on any atom is 0.102 e. The first-order valence-corrected chi connectivity index (χ1v) is 4.97. The van der Waals surface area contributed by atoms with Crippen molar-refractivity contribution in [2.24, 2.45) is 0 Å². The second-order valence-electron chi connectivity index (χ2n) is 1.66. The molecule has 0 amide bonds. The van der Waals surface area contributed by atoms with Gasteiger partial charge in [0.25, 0.3) is 0 Å². The van der Waals surface area contributed by atoms with Gasteiger partial charge in [0, 0.05) is 16.6 Å². The average Bonchev–Trinajstić information content (AvgIpc) is 1.89. The van der Waals surface area contributed by atoms with Crippen molar-refractivity contribution >= 4 is 22.6 Å². The van der Waals surface area contributed by atoms with Crippen LogP contribution in [0, 0.1) is 0 Å². The SMILES string of the molecule is C=C[C@H]1SC=CC[S@@]1=O. The molecule has 0 saturated heterocycles. The molecule has 0 radical (unpaired) electrons. The summed E-state index contributed by atoms with van der Waals surface area (Å²) in [5.41, 5.74) is 0. The van der Waals surface area contributed by atoms with Crippen molar-refractivity contribution in [3.05, 3.63) is 24.1 Å². The molecule has 0 spiro atoms. The van der Waals surface area contributed by atoms with Gasteiger partial charge in [-0.1, -0.05) is 12.2 Å². The molecule has 0 aliphatic carbocycles. The highest BCUT2D eigenvalue weighted by molar-refractivity contribution is 8.13. The number of hydrogen-bond acceptors (Lipinski definition) is 2. The van der Waals surface area contributed by atoms with E-state index in [2.05, 4.69) is 6.58 Å². The van der Waals surface area contributed by atoms with Crippen LogP contribution in [0.25, 0.3) is 0 Å². The highest BCUT2D eigenvalue weighted by Gasteiger charge is 2.13. The first-order valence-electron chi connectivity index (χ1n) is 2.65. The van der Waals surface area contributed by atoms with E-state index in [4.69, 9.17) is 0 Å². The molecule has 0 unspecified atom stereocenters. The molecule has 1 aliphatic rings. The molecule has 1 aliphatic heterocycles. The second-order valence-corrected chi connectivity index (χ2v) is 4.61. The molecule has 9 heavy (non-hydrogen) atoms. The van der Waals surface area contributed by atoms with Crippen LogP contribution < -0.4 is 0 Å². The van der Waals surface area contributed by atoms with E-state index in [-0.39, 0.29) is 4.58 Å². The molecule has 0 N–H and O–H groups in total. The largest absolute Gasteiger partial charge is 0.258 e. The molecule has 0 fully saturated rings. The van der Waals surface area contributed by atoms with Crippen LogP contribution >= 0.6 is 11.8 Å². The summed E-state index contributed by atoms with van der Waals surface area (Å²) in [5, 5.41) is 1.98. The maximum atomic E-state index is 11.0. The second kappa shape index (κ2) is 3.22. The van der Waals surface area contributed by atoms with E-state index in [1.807, 2.05) is 11.5 Å². The Morgan fingerprint density at radius 2 is 2.67 bits per heavy atom. The Morgan fingerprint density at radius 1 is 1.89 bits per heavy atom. The van der Waals surface area contributed by atoms with E-state index in [9.17, 15) is 4.21 Å². The van der Waals surface area contributed by atoms with Gasteiger partial charge in [-0.2, -0.15) is 0 Å². The Labute approximate surface area is 61.7 Å². The Bertz CT molecular complexity index is 162. The lowest BCUT2D eigenvalue weighted by molar-refractivity contribution is 0.685. The molecule has 0 saturated carbocycles. The molecule has 50 valence electrons. The molecule has 1 nitrogen and oxygen atoms in total. The van der Waals surface area contributed by atoms with E-state index in [1.165, 1.54) is 0 Å². The minimum atomic E-state index is -0.720. The highest BCUT2D eigenvalue weighted by Crippen LogP contribution is 2.21. The van der Waals surface area contributed by atoms with Crippen molar-refractivity contribution in [1.82, 2.24) is 0 Å². The molecule has 2 atom stereocenters. The van der Waals surface area contributed by atoms with Crippen LogP contribution in [0.1, 0.15) is 0 Å². The molecule has 0 aromatic heterocycles. The Balaban J connectivity index is 2.63. The summed E-state index contributed by atoms with van der Waals surface area (Å²) >= 11 is 1.57. The fourth-order valence-corrected chi connectivity index (χ4v) is 2.80. The predicted molar refractivity (Wildman–Crippen MR) is 43.7 cm³/mol. The van der Waals surface area contributed by atoms with Crippen molar-refractivity contribution in [2.75, 3.05) is 5.75 Å². The Kier molecular flexibility index (Phi) is 2.54. The van der Waals surface area contributed by atoms with Gasteiger partial charge in [0.1, 0.15) is 4.58 Å². The zero-order valence-electron chi connectivity index (χ0n) is 4.95. The standard InChI is InChI=1S/C6H8OS2/c1-2-6-8-4-3-5-9(6)7/h2-4,6H,1,5H2/t6-,9-/m0/s1. The van der Waals surface area contributed by atoms with Crippen LogP contribution in [-0.4, -0.2) is 14.5 Å². The first kappa shape index (κ1) is 7.09. The van der Waals surface area contributed by atoms with E-state index < -0.39 is 10.8 Å². The average molecular weight is 160 g/mol. The zero-order valence-corrected chi connectivity index (χ0v) is 6.58. The van der Waals surface area contributed by atoms with Gasteiger partial charge < -0.3 is 0 Å². The molecule has 1 rings (SSSR count). The van der Waals surface area contributed by atoms with Crippen LogP contribution in [0.4, 0.5) is 0 Å². The van der Waals surface area contributed by atoms with E-state index in [1.54, 1.807) is 17.8 Å². The third-order valence-corrected chi connectivity index (χ3v) is 4.04. The van der Waals surface area contributed by atoms with Crippen molar-refractivity contribution in [3.63, 3.8) is 0 Å². The van der Waals surface area contributed by atoms with Gasteiger partial charge in [-0.15, -0.1) is 18.3 Å². The minimum Gasteiger partial charge on any atom is -0.258 e. The van der Waals surface area contributed by atoms with Crippen molar-refractivity contribution in [2.45, 2.75) is 4.58 Å². The molecule has 0 bridgehead atoms. The summed E-state index contributed by atoms with van der Waals surface area (Å²) in [5.74, 6) is 0.684. The smallest absolute Gasteiger partial charge is 0.102 e. The predicted octanol–water partition coefficient (Wildman–Crippen LogP) is 1.51. The zero-order chi connectivity index (χ0) is 6.69. The summed E-state index contributed by atoms with van der Waals surface area (Å²) in [6.45, 7) is 3.59. The summed E-state index contributed by atoms with van der Waals surface area (Å²) in [4.78, 5) is 0. The van der Waals surface area contributed by atoms with Gasteiger partial charge in [-0.05, 0) is 5.41 Å². The van der Waals surface area contributed by atoms with Crippen LogP contribution in [0.3, 0.4) is 0 Å². The number of thioether (sulfide) groups is 1. The Morgan fingerprint density at radius 3 is 3.11 bits per heavy atom. The molecule has 1 heterocycles. The Hall–Kier alpha value is -0.0200. The van der Waals surface area contributed by atoms with Gasteiger partial charge in [0.15, 0.2) is 0 Å². The van der Waals surface area contributed by atoms with Crippen molar-refractivity contribution < 1.29 is 4.21 Å². The van der Waals surface area contributed by atoms with E-state index in [0.717, 1.165) is 0 Å². The highest BCUT2D eigenvalue weighted by atomic mass is 32.2. The van der Waals surface area contributed by atoms with Gasteiger partial charge in [0.2, 0.25) is 0 Å².